The largest absolute Gasteiger partial charge is 0.454 e. The van der Waals surface area contributed by atoms with Gasteiger partial charge >= 0.3 is 5.97 Å². The quantitative estimate of drug-likeness (QED) is 0.0195. The van der Waals surface area contributed by atoms with Gasteiger partial charge in [0.15, 0.2) is 12.4 Å². The van der Waals surface area contributed by atoms with Gasteiger partial charge in [-0.25, -0.2) is 0 Å². The molecule has 8 atom stereocenters. The molecule has 0 aromatic carbocycles. The van der Waals surface area contributed by atoms with Crippen molar-refractivity contribution in [3.63, 3.8) is 0 Å². The van der Waals surface area contributed by atoms with E-state index in [4.69, 9.17) is 14.2 Å². The Labute approximate surface area is 448 Å². The van der Waals surface area contributed by atoms with E-state index in [0.717, 1.165) is 64.2 Å². The highest BCUT2D eigenvalue weighted by Gasteiger charge is 2.47. The zero-order valence-electron chi connectivity index (χ0n) is 47.5. The summed E-state index contributed by atoms with van der Waals surface area (Å²) in [5, 5.41) is 56.9. The summed E-state index contributed by atoms with van der Waals surface area (Å²) in [5.41, 5.74) is 0. The molecule has 0 spiro atoms. The van der Waals surface area contributed by atoms with Gasteiger partial charge in [0.05, 0.1) is 25.4 Å². The molecule has 430 valence electrons. The molecule has 1 rings (SSSR count). The van der Waals surface area contributed by atoms with E-state index in [0.29, 0.717) is 19.3 Å². The summed E-state index contributed by atoms with van der Waals surface area (Å²) in [5.74, 6) is -1.20. The van der Waals surface area contributed by atoms with Crippen LogP contribution in [0.5, 0.6) is 0 Å². The molecule has 8 unspecified atom stereocenters. The van der Waals surface area contributed by atoms with Gasteiger partial charge in [-0.15, -0.1) is 0 Å². The van der Waals surface area contributed by atoms with Crippen LogP contribution >= 0.6 is 0 Å². The Hall–Kier alpha value is -1.86. The summed E-state index contributed by atoms with van der Waals surface area (Å²) >= 11 is 0. The fraction of sp³-hybridized carbons (Fsp3) is 0.903. The Balaban J connectivity index is 2.68. The highest BCUT2D eigenvalue weighted by atomic mass is 16.7. The third-order valence-corrected chi connectivity index (χ3v) is 14.9. The second-order valence-corrected chi connectivity index (χ2v) is 21.8. The lowest BCUT2D eigenvalue weighted by molar-refractivity contribution is -0.305. The molecule has 1 saturated heterocycles. The van der Waals surface area contributed by atoms with Gasteiger partial charge in [-0.2, -0.15) is 0 Å². The van der Waals surface area contributed by atoms with Crippen molar-refractivity contribution in [2.24, 2.45) is 0 Å². The predicted molar refractivity (Wildman–Crippen MR) is 301 cm³/mol. The van der Waals surface area contributed by atoms with Gasteiger partial charge in [0.25, 0.3) is 0 Å². The number of hydrogen-bond donors (Lipinski definition) is 6. The topological polar surface area (TPSA) is 175 Å². The van der Waals surface area contributed by atoms with Crippen LogP contribution < -0.4 is 5.32 Å². The van der Waals surface area contributed by atoms with E-state index in [1.807, 2.05) is 6.08 Å². The van der Waals surface area contributed by atoms with Crippen molar-refractivity contribution in [2.45, 2.75) is 346 Å². The van der Waals surface area contributed by atoms with Crippen LogP contribution in [0.4, 0.5) is 0 Å². The van der Waals surface area contributed by atoms with Crippen LogP contribution in [-0.4, -0.2) is 99.6 Å². The Morgan fingerprint density at radius 3 is 1.33 bits per heavy atom. The first-order valence-electron chi connectivity index (χ1n) is 31.1. The second kappa shape index (κ2) is 50.9. The number of amides is 1. The summed E-state index contributed by atoms with van der Waals surface area (Å²) in [6.07, 6.45) is 47.9. The minimum absolute atomic E-state index is 0.107. The maximum Gasteiger partial charge on any atom is 0.306 e. The van der Waals surface area contributed by atoms with E-state index in [1.165, 1.54) is 186 Å². The number of nitrogens with one attached hydrogen (secondary N) is 1. The summed E-state index contributed by atoms with van der Waals surface area (Å²) in [6.45, 7) is 5.80. The van der Waals surface area contributed by atoms with Crippen molar-refractivity contribution in [2.75, 3.05) is 13.2 Å². The second-order valence-electron chi connectivity index (χ2n) is 21.8. The number of unbranched alkanes of at least 4 members (excludes halogenated alkanes) is 37. The van der Waals surface area contributed by atoms with E-state index in [1.54, 1.807) is 6.08 Å². The molecular weight excluding hydrogens is 919 g/mol. The molecule has 11 nitrogen and oxygen atoms in total. The lowest BCUT2D eigenvalue weighted by atomic mass is 9.99. The summed E-state index contributed by atoms with van der Waals surface area (Å²) in [7, 11) is 0. The van der Waals surface area contributed by atoms with Gasteiger partial charge in [0.1, 0.15) is 24.4 Å². The Morgan fingerprint density at radius 1 is 0.521 bits per heavy atom. The van der Waals surface area contributed by atoms with Crippen molar-refractivity contribution in [1.82, 2.24) is 5.32 Å². The van der Waals surface area contributed by atoms with E-state index < -0.39 is 67.4 Å². The standard InChI is InChI=1S/C62H117NO10/c1-4-7-10-13-16-19-22-25-27-28-29-30-31-34-37-40-43-46-49-55(66)61(70)63-53(54(65)48-45-42-39-36-33-24-21-18-15-12-9-6-3)52-71-62-60(59(69)58(68)56(51-64)72-62)73-57(67)50-47-44-41-38-35-32-26-23-20-17-14-11-8-5-2/h32,35,45,48,53-56,58-60,62,64-66,68-69H,4-31,33-34,36-44,46-47,49-52H2,1-3H3,(H,63,70)/b35-32-,48-45+. The first-order chi connectivity index (χ1) is 35.7. The minimum atomic E-state index is -1.61. The van der Waals surface area contributed by atoms with Crippen molar-refractivity contribution in [1.29, 1.82) is 0 Å². The van der Waals surface area contributed by atoms with Crippen molar-refractivity contribution in [3.8, 4) is 0 Å². The van der Waals surface area contributed by atoms with Crippen LogP contribution in [0.2, 0.25) is 0 Å². The third-order valence-electron chi connectivity index (χ3n) is 14.9. The average Bonchev–Trinajstić information content (AvgIpc) is 3.39. The molecule has 1 heterocycles. The molecule has 0 radical (unpaired) electrons. The smallest absolute Gasteiger partial charge is 0.306 e. The minimum Gasteiger partial charge on any atom is -0.454 e. The lowest BCUT2D eigenvalue weighted by Gasteiger charge is -2.41. The van der Waals surface area contributed by atoms with Gasteiger partial charge in [-0.05, 0) is 51.4 Å². The maximum absolute atomic E-state index is 13.4. The highest BCUT2D eigenvalue weighted by molar-refractivity contribution is 5.80. The fourth-order valence-corrected chi connectivity index (χ4v) is 9.88. The van der Waals surface area contributed by atoms with E-state index in [-0.39, 0.29) is 13.0 Å². The summed E-state index contributed by atoms with van der Waals surface area (Å²) < 4.78 is 17.6. The van der Waals surface area contributed by atoms with Crippen LogP contribution in [-0.2, 0) is 23.8 Å². The van der Waals surface area contributed by atoms with Crippen LogP contribution in [0.25, 0.3) is 0 Å². The van der Waals surface area contributed by atoms with E-state index >= 15 is 0 Å². The molecule has 1 aliphatic heterocycles. The first kappa shape index (κ1) is 69.2. The highest BCUT2D eigenvalue weighted by Crippen LogP contribution is 2.26. The molecule has 6 N–H and O–H groups in total. The summed E-state index contributed by atoms with van der Waals surface area (Å²) in [6, 6.07) is -1.02. The zero-order valence-corrected chi connectivity index (χ0v) is 47.5. The van der Waals surface area contributed by atoms with Crippen molar-refractivity contribution in [3.05, 3.63) is 24.3 Å². The van der Waals surface area contributed by atoms with Gasteiger partial charge < -0.3 is 45.1 Å². The molecule has 0 saturated carbocycles. The molecule has 0 aromatic heterocycles. The van der Waals surface area contributed by atoms with Gasteiger partial charge in [0, 0.05) is 6.42 Å². The molecule has 73 heavy (non-hydrogen) atoms. The van der Waals surface area contributed by atoms with E-state index in [2.05, 4.69) is 38.2 Å². The van der Waals surface area contributed by atoms with Gasteiger partial charge in [0.2, 0.25) is 5.91 Å². The van der Waals surface area contributed by atoms with Gasteiger partial charge in [-0.1, -0.05) is 263 Å². The molecule has 0 aliphatic carbocycles. The molecule has 11 heteroatoms. The fourth-order valence-electron chi connectivity index (χ4n) is 9.88. The molecular formula is C62H117NO10. The number of rotatable bonds is 53. The molecule has 1 aliphatic rings. The van der Waals surface area contributed by atoms with Crippen LogP contribution in [0, 0.1) is 0 Å². The number of allylic oxidation sites excluding steroid dienone is 3. The predicted octanol–water partition coefficient (Wildman–Crippen LogP) is 14.5. The number of carbonyl (C=O) groups excluding carboxylic acids is 2. The average molecular weight is 1040 g/mol. The third kappa shape index (κ3) is 39.2. The monoisotopic (exact) mass is 1040 g/mol. The Kier molecular flexibility index (Phi) is 48.2. The number of hydrogen-bond acceptors (Lipinski definition) is 10. The molecule has 0 aromatic rings. The number of aliphatic hydroxyl groups is 5. The van der Waals surface area contributed by atoms with Crippen LogP contribution in [0.3, 0.4) is 0 Å². The first-order valence-corrected chi connectivity index (χ1v) is 31.1. The number of carbonyl (C=O) groups is 2. The normalized spacial score (nSPS) is 19.5. The number of aliphatic hydroxyl groups excluding tert-OH is 5. The number of ether oxygens (including phenoxy) is 3. The molecule has 1 fully saturated rings. The Bertz CT molecular complexity index is 1280. The van der Waals surface area contributed by atoms with Crippen molar-refractivity contribution < 1.29 is 49.3 Å². The lowest BCUT2D eigenvalue weighted by Crippen LogP contribution is -2.61. The van der Waals surface area contributed by atoms with Gasteiger partial charge in [-0.3, -0.25) is 9.59 Å². The van der Waals surface area contributed by atoms with Crippen LogP contribution in [0.15, 0.2) is 24.3 Å². The molecule has 1 amide bonds. The number of esters is 1. The van der Waals surface area contributed by atoms with E-state index in [9.17, 15) is 35.1 Å². The van der Waals surface area contributed by atoms with Crippen LogP contribution in [0.1, 0.15) is 297 Å². The van der Waals surface area contributed by atoms with Crippen molar-refractivity contribution >= 4 is 11.9 Å². The maximum atomic E-state index is 13.4. The Morgan fingerprint density at radius 2 is 0.904 bits per heavy atom. The SMILES string of the molecule is CCCCCCCCC/C=C\CCCCCC(=O)OC1C(OCC(NC(=O)C(O)CCCCCCCCCCCCCCCCCCCC)C(O)/C=C/CCCCCCCCCCCC)OC(CO)C(O)C1O. The summed E-state index contributed by atoms with van der Waals surface area (Å²) in [4.78, 5) is 26.5. The molecule has 0 bridgehead atoms. The zero-order chi connectivity index (χ0) is 53.3.